The molecule has 0 saturated carbocycles. The van der Waals surface area contributed by atoms with E-state index in [0.29, 0.717) is 29.8 Å². The maximum atomic E-state index is 12.6. The fourth-order valence-corrected chi connectivity index (χ4v) is 2.30. The van der Waals surface area contributed by atoms with Crippen LogP contribution in [0.3, 0.4) is 0 Å². The normalized spacial score (nSPS) is 12.1. The SMILES string of the molecule is CCNC(=NCc1ccc(C(F)(F)F)cc1)NCCc1ccc(Cl)nc1. The quantitative estimate of drug-likeness (QED) is 0.449. The van der Waals surface area contributed by atoms with Gasteiger partial charge in [-0.2, -0.15) is 13.2 Å². The first kappa shape index (κ1) is 20.0. The lowest BCUT2D eigenvalue weighted by Crippen LogP contribution is -2.38. The monoisotopic (exact) mass is 384 g/mol. The molecule has 0 amide bonds. The summed E-state index contributed by atoms with van der Waals surface area (Å²) >= 11 is 5.75. The number of halogens is 4. The Hall–Kier alpha value is -2.28. The van der Waals surface area contributed by atoms with E-state index in [1.807, 2.05) is 13.0 Å². The summed E-state index contributed by atoms with van der Waals surface area (Å²) < 4.78 is 37.7. The molecule has 2 rings (SSSR count). The highest BCUT2D eigenvalue weighted by Crippen LogP contribution is 2.29. The van der Waals surface area contributed by atoms with Crippen LogP contribution in [0, 0.1) is 0 Å². The summed E-state index contributed by atoms with van der Waals surface area (Å²) in [6, 6.07) is 8.66. The minimum absolute atomic E-state index is 0.288. The van der Waals surface area contributed by atoms with E-state index in [-0.39, 0.29) is 6.54 Å². The Morgan fingerprint density at radius 3 is 2.35 bits per heavy atom. The summed E-state index contributed by atoms with van der Waals surface area (Å²) in [7, 11) is 0. The molecular weight excluding hydrogens is 365 g/mol. The van der Waals surface area contributed by atoms with Crippen molar-refractivity contribution in [2.75, 3.05) is 13.1 Å². The molecule has 0 atom stereocenters. The molecule has 26 heavy (non-hydrogen) atoms. The van der Waals surface area contributed by atoms with E-state index in [1.165, 1.54) is 12.1 Å². The van der Waals surface area contributed by atoms with E-state index in [0.717, 1.165) is 24.1 Å². The molecule has 0 aliphatic rings. The topological polar surface area (TPSA) is 49.3 Å². The maximum Gasteiger partial charge on any atom is 0.416 e. The van der Waals surface area contributed by atoms with Crippen molar-refractivity contribution in [1.29, 1.82) is 0 Å². The summed E-state index contributed by atoms with van der Waals surface area (Å²) in [5.41, 5.74) is 1.09. The highest BCUT2D eigenvalue weighted by molar-refractivity contribution is 6.29. The zero-order chi connectivity index (χ0) is 19.0. The van der Waals surface area contributed by atoms with Crippen LogP contribution in [0.25, 0.3) is 0 Å². The summed E-state index contributed by atoms with van der Waals surface area (Å²) in [6.07, 6.45) is -1.86. The van der Waals surface area contributed by atoms with Crippen molar-refractivity contribution in [1.82, 2.24) is 15.6 Å². The standard InChI is InChI=1S/C18H20ClF3N4/c1-2-23-17(24-10-9-14-5-8-16(19)25-11-14)26-12-13-3-6-15(7-4-13)18(20,21)22/h3-8,11H,2,9-10,12H2,1H3,(H2,23,24,26). The average Bonchev–Trinajstić information content (AvgIpc) is 2.61. The van der Waals surface area contributed by atoms with Gasteiger partial charge in [0.15, 0.2) is 5.96 Å². The molecule has 0 bridgehead atoms. The smallest absolute Gasteiger partial charge is 0.357 e. The predicted octanol–water partition coefficient (Wildman–Crippen LogP) is 4.05. The van der Waals surface area contributed by atoms with E-state index in [4.69, 9.17) is 11.6 Å². The van der Waals surface area contributed by atoms with Gasteiger partial charge in [-0.25, -0.2) is 9.98 Å². The number of benzene rings is 1. The molecule has 4 nitrogen and oxygen atoms in total. The van der Waals surface area contributed by atoms with E-state index < -0.39 is 11.7 Å². The molecule has 1 heterocycles. The van der Waals surface area contributed by atoms with Gasteiger partial charge in [0.25, 0.3) is 0 Å². The second kappa shape index (κ2) is 9.43. The Balaban J connectivity index is 1.90. The molecule has 8 heteroatoms. The third-order valence-electron chi connectivity index (χ3n) is 3.54. The van der Waals surface area contributed by atoms with Gasteiger partial charge in [0.05, 0.1) is 12.1 Å². The van der Waals surface area contributed by atoms with Crippen LogP contribution >= 0.6 is 11.6 Å². The van der Waals surface area contributed by atoms with Crippen molar-refractivity contribution in [2.24, 2.45) is 4.99 Å². The number of aliphatic imine (C=N–C) groups is 1. The van der Waals surface area contributed by atoms with Gasteiger partial charge in [-0.1, -0.05) is 29.8 Å². The van der Waals surface area contributed by atoms with Gasteiger partial charge >= 0.3 is 6.18 Å². The largest absolute Gasteiger partial charge is 0.416 e. The van der Waals surface area contributed by atoms with Gasteiger partial charge in [-0.05, 0) is 42.7 Å². The highest BCUT2D eigenvalue weighted by Gasteiger charge is 2.29. The van der Waals surface area contributed by atoms with Crippen LogP contribution < -0.4 is 10.6 Å². The minimum atomic E-state index is -4.32. The lowest BCUT2D eigenvalue weighted by Gasteiger charge is -2.11. The second-order valence-electron chi connectivity index (χ2n) is 5.56. The third-order valence-corrected chi connectivity index (χ3v) is 3.76. The molecule has 0 aliphatic carbocycles. The average molecular weight is 385 g/mol. The number of alkyl halides is 3. The number of aromatic nitrogens is 1. The fraction of sp³-hybridized carbons (Fsp3) is 0.333. The molecule has 1 aromatic carbocycles. The van der Waals surface area contributed by atoms with Crippen LogP contribution in [0.4, 0.5) is 13.2 Å². The third kappa shape index (κ3) is 6.55. The van der Waals surface area contributed by atoms with Crippen LogP contribution in [0.5, 0.6) is 0 Å². The second-order valence-corrected chi connectivity index (χ2v) is 5.94. The van der Waals surface area contributed by atoms with Gasteiger partial charge < -0.3 is 10.6 Å². The molecule has 0 fully saturated rings. The molecule has 0 aliphatic heterocycles. The number of pyridine rings is 1. The first-order valence-corrected chi connectivity index (χ1v) is 8.55. The first-order valence-electron chi connectivity index (χ1n) is 8.17. The zero-order valence-electron chi connectivity index (χ0n) is 14.3. The van der Waals surface area contributed by atoms with Crippen molar-refractivity contribution >= 4 is 17.6 Å². The lowest BCUT2D eigenvalue weighted by atomic mass is 10.1. The number of nitrogens with zero attached hydrogens (tertiary/aromatic N) is 2. The van der Waals surface area contributed by atoms with Crippen LogP contribution in [-0.2, 0) is 19.1 Å². The number of guanidine groups is 1. The minimum Gasteiger partial charge on any atom is -0.357 e. The Morgan fingerprint density at radius 2 is 1.77 bits per heavy atom. The van der Waals surface area contributed by atoms with Crippen molar-refractivity contribution in [2.45, 2.75) is 26.1 Å². The Labute approximate surface area is 155 Å². The van der Waals surface area contributed by atoms with E-state index in [9.17, 15) is 13.2 Å². The number of rotatable bonds is 6. The number of hydrogen-bond acceptors (Lipinski definition) is 2. The van der Waals surface area contributed by atoms with Gasteiger partial charge in [-0.15, -0.1) is 0 Å². The van der Waals surface area contributed by atoms with E-state index in [1.54, 1.807) is 12.3 Å². The van der Waals surface area contributed by atoms with Crippen LogP contribution in [0.2, 0.25) is 5.15 Å². The van der Waals surface area contributed by atoms with Gasteiger partial charge in [0, 0.05) is 19.3 Å². The van der Waals surface area contributed by atoms with Gasteiger partial charge in [0.2, 0.25) is 0 Å². The fourth-order valence-electron chi connectivity index (χ4n) is 2.19. The first-order chi connectivity index (χ1) is 12.4. The Bertz CT molecular complexity index is 713. The van der Waals surface area contributed by atoms with Crippen LogP contribution in [0.1, 0.15) is 23.6 Å². The van der Waals surface area contributed by atoms with E-state index >= 15 is 0 Å². The molecule has 2 aromatic rings. The van der Waals surface area contributed by atoms with Crippen molar-refractivity contribution in [3.8, 4) is 0 Å². The lowest BCUT2D eigenvalue weighted by molar-refractivity contribution is -0.137. The van der Waals surface area contributed by atoms with Gasteiger partial charge in [-0.3, -0.25) is 0 Å². The molecule has 0 spiro atoms. The number of nitrogens with one attached hydrogen (secondary N) is 2. The summed E-state index contributed by atoms with van der Waals surface area (Å²) in [5, 5.41) is 6.75. The molecule has 1 aromatic heterocycles. The maximum absolute atomic E-state index is 12.6. The molecule has 2 N–H and O–H groups in total. The summed E-state index contributed by atoms with van der Waals surface area (Å²) in [4.78, 5) is 8.42. The van der Waals surface area contributed by atoms with Crippen molar-refractivity contribution < 1.29 is 13.2 Å². The molecular formula is C18H20ClF3N4. The molecule has 0 saturated heterocycles. The Morgan fingerprint density at radius 1 is 1.08 bits per heavy atom. The summed E-state index contributed by atoms with van der Waals surface area (Å²) in [5.74, 6) is 0.606. The van der Waals surface area contributed by atoms with Crippen LogP contribution in [-0.4, -0.2) is 24.0 Å². The molecule has 0 unspecified atom stereocenters. The predicted molar refractivity (Wildman–Crippen MR) is 97.2 cm³/mol. The van der Waals surface area contributed by atoms with Crippen molar-refractivity contribution in [3.63, 3.8) is 0 Å². The molecule has 0 radical (unpaired) electrons. The molecule has 140 valence electrons. The zero-order valence-corrected chi connectivity index (χ0v) is 15.0. The van der Waals surface area contributed by atoms with Crippen LogP contribution in [0.15, 0.2) is 47.6 Å². The van der Waals surface area contributed by atoms with Crippen molar-refractivity contribution in [3.05, 3.63) is 64.4 Å². The van der Waals surface area contributed by atoms with E-state index in [2.05, 4.69) is 20.6 Å². The van der Waals surface area contributed by atoms with Gasteiger partial charge in [0.1, 0.15) is 5.15 Å². The summed E-state index contributed by atoms with van der Waals surface area (Å²) in [6.45, 7) is 3.55. The highest BCUT2D eigenvalue weighted by atomic mass is 35.5. The Kier molecular flexibility index (Phi) is 7.26. The number of hydrogen-bond donors (Lipinski definition) is 2.